The van der Waals surface area contributed by atoms with Crippen molar-refractivity contribution >= 4 is 23.7 Å². The van der Waals surface area contributed by atoms with Gasteiger partial charge in [-0.3, -0.25) is 14.9 Å². The van der Waals surface area contributed by atoms with Crippen molar-refractivity contribution in [3.63, 3.8) is 0 Å². The van der Waals surface area contributed by atoms with Crippen LogP contribution in [0, 0.1) is 0 Å². The molecule has 152 valence electrons. The third-order valence-corrected chi connectivity index (χ3v) is 4.85. The molecule has 0 aliphatic heterocycles. The third kappa shape index (κ3) is 3.75. The maximum atomic E-state index is 12.3. The first kappa shape index (κ1) is 19.3. The highest BCUT2D eigenvalue weighted by Crippen LogP contribution is 2.44. The Balaban J connectivity index is 1.43. The fourth-order valence-electron chi connectivity index (χ4n) is 3.56. The third-order valence-electron chi connectivity index (χ3n) is 4.85. The van der Waals surface area contributed by atoms with Crippen molar-refractivity contribution in [3.8, 4) is 11.1 Å². The number of hydrogen-bond acceptors (Lipinski definition) is 5. The van der Waals surface area contributed by atoms with Gasteiger partial charge in [0.1, 0.15) is 13.2 Å². The Morgan fingerprint density at radius 3 is 2.23 bits per heavy atom. The van der Waals surface area contributed by atoms with E-state index < -0.39 is 24.5 Å². The Morgan fingerprint density at radius 2 is 1.60 bits per heavy atom. The number of fused-ring (bicyclic) bond motifs is 3. The highest BCUT2D eigenvalue weighted by Gasteiger charge is 2.29. The highest BCUT2D eigenvalue weighted by atomic mass is 16.5. The van der Waals surface area contributed by atoms with E-state index in [9.17, 15) is 14.4 Å². The van der Waals surface area contributed by atoms with Crippen LogP contribution >= 0.6 is 0 Å². The summed E-state index contributed by atoms with van der Waals surface area (Å²) in [4.78, 5) is 34.9. The maximum Gasteiger partial charge on any atom is 0.411 e. The Kier molecular flexibility index (Phi) is 5.21. The second-order valence-corrected chi connectivity index (χ2v) is 6.69. The number of carbonyl (C=O) groups is 3. The van der Waals surface area contributed by atoms with Gasteiger partial charge in [0, 0.05) is 12.0 Å². The first-order valence-corrected chi connectivity index (χ1v) is 9.24. The average Bonchev–Trinajstić information content (AvgIpc) is 3.33. The van der Waals surface area contributed by atoms with Crippen molar-refractivity contribution < 1.29 is 28.6 Å². The monoisotopic (exact) mass is 406 g/mol. The molecule has 1 aromatic heterocycles. The van der Waals surface area contributed by atoms with Gasteiger partial charge in [0.15, 0.2) is 0 Å². The molecule has 0 spiro atoms. The number of carbonyl (C=O) groups excluding carboxylic acids is 2. The van der Waals surface area contributed by atoms with Crippen molar-refractivity contribution in [3.05, 3.63) is 77.7 Å². The highest BCUT2D eigenvalue weighted by molar-refractivity contribution is 6.01. The van der Waals surface area contributed by atoms with Gasteiger partial charge in [-0.25, -0.2) is 4.79 Å². The van der Waals surface area contributed by atoms with Gasteiger partial charge in [-0.05, 0) is 22.3 Å². The topological polar surface area (TPSA) is 118 Å². The molecule has 8 heteroatoms. The summed E-state index contributed by atoms with van der Waals surface area (Å²) in [5.74, 6) is -2.24. The number of rotatable bonds is 6. The molecule has 3 N–H and O–H groups in total. The number of nitrogens with one attached hydrogen (secondary N) is 2. The molecule has 0 fully saturated rings. The minimum Gasteiger partial charge on any atom is -0.480 e. The lowest BCUT2D eigenvalue weighted by atomic mass is 9.98. The van der Waals surface area contributed by atoms with Gasteiger partial charge in [-0.2, -0.15) is 0 Å². The van der Waals surface area contributed by atoms with Gasteiger partial charge in [0.2, 0.25) is 5.76 Å². The lowest BCUT2D eigenvalue weighted by molar-refractivity contribution is -0.135. The molecule has 8 nitrogen and oxygen atoms in total. The Hall–Kier alpha value is -4.07. The molecule has 1 aliphatic carbocycles. The quantitative estimate of drug-likeness (QED) is 0.577. The number of carboxylic acids is 1. The molecule has 0 atom stereocenters. The number of ether oxygens (including phenoxy) is 1. The minimum absolute atomic E-state index is 0.0918. The summed E-state index contributed by atoms with van der Waals surface area (Å²) in [5, 5.41) is 13.3. The van der Waals surface area contributed by atoms with E-state index in [1.54, 1.807) is 0 Å². The molecule has 2 aromatic carbocycles. The molecule has 0 radical (unpaired) electrons. The number of hydrogen-bond donors (Lipinski definition) is 3. The molecular weight excluding hydrogens is 388 g/mol. The van der Waals surface area contributed by atoms with Crippen LogP contribution < -0.4 is 10.6 Å². The van der Waals surface area contributed by atoms with E-state index in [4.69, 9.17) is 14.3 Å². The Morgan fingerprint density at radius 1 is 0.967 bits per heavy atom. The summed E-state index contributed by atoms with van der Waals surface area (Å²) in [6, 6.07) is 17.4. The van der Waals surface area contributed by atoms with Crippen molar-refractivity contribution in [1.29, 1.82) is 0 Å². The molecule has 1 heterocycles. The molecule has 2 amide bonds. The molecule has 30 heavy (non-hydrogen) atoms. The summed E-state index contributed by atoms with van der Waals surface area (Å²) in [6.45, 7) is -0.442. The summed E-state index contributed by atoms with van der Waals surface area (Å²) in [7, 11) is 0. The van der Waals surface area contributed by atoms with Crippen LogP contribution in [-0.4, -0.2) is 36.2 Å². The largest absolute Gasteiger partial charge is 0.480 e. The fraction of sp³-hybridized carbons (Fsp3) is 0.136. The van der Waals surface area contributed by atoms with Gasteiger partial charge in [-0.1, -0.05) is 48.5 Å². The van der Waals surface area contributed by atoms with Crippen LogP contribution in [0.5, 0.6) is 0 Å². The van der Waals surface area contributed by atoms with Gasteiger partial charge in [0.25, 0.3) is 5.91 Å². The van der Waals surface area contributed by atoms with Crippen molar-refractivity contribution in [1.82, 2.24) is 5.32 Å². The van der Waals surface area contributed by atoms with E-state index in [1.807, 2.05) is 48.5 Å². The number of amides is 2. The van der Waals surface area contributed by atoms with Crippen LogP contribution in [0.25, 0.3) is 11.1 Å². The smallest absolute Gasteiger partial charge is 0.411 e. The van der Waals surface area contributed by atoms with E-state index in [0.29, 0.717) is 0 Å². The number of carboxylic acid groups (broad SMARTS) is 1. The predicted molar refractivity (Wildman–Crippen MR) is 107 cm³/mol. The maximum absolute atomic E-state index is 12.3. The fourth-order valence-corrected chi connectivity index (χ4v) is 3.56. The number of benzene rings is 2. The van der Waals surface area contributed by atoms with Crippen molar-refractivity contribution in [2.45, 2.75) is 5.92 Å². The second kappa shape index (κ2) is 8.12. The van der Waals surface area contributed by atoms with Crippen molar-refractivity contribution in [2.24, 2.45) is 0 Å². The first-order chi connectivity index (χ1) is 14.5. The van der Waals surface area contributed by atoms with Crippen LogP contribution in [-0.2, 0) is 9.53 Å². The molecule has 1 aliphatic rings. The summed E-state index contributed by atoms with van der Waals surface area (Å²) >= 11 is 0. The standard InChI is InChI=1S/C22H18N2O6/c25-19(26)11-23-21(27)20-18(9-10-29-20)24-22(28)30-12-17-15-7-3-1-5-13(15)14-6-2-4-8-16(14)17/h1-10,17H,11-12H2,(H,23,27)(H,24,28)(H,25,26). The molecular formula is C22H18N2O6. The SMILES string of the molecule is O=C(O)CNC(=O)c1occc1NC(=O)OCC1c2ccccc2-c2ccccc21. The second-order valence-electron chi connectivity index (χ2n) is 6.69. The van der Waals surface area contributed by atoms with E-state index in [2.05, 4.69) is 10.6 Å². The summed E-state index contributed by atoms with van der Waals surface area (Å²) < 4.78 is 10.5. The van der Waals surface area contributed by atoms with Crippen LogP contribution in [0.3, 0.4) is 0 Å². The zero-order chi connectivity index (χ0) is 21.1. The summed E-state index contributed by atoms with van der Waals surface area (Å²) in [5.41, 5.74) is 4.51. The van der Waals surface area contributed by atoms with E-state index in [1.165, 1.54) is 12.3 Å². The molecule has 0 bridgehead atoms. The average molecular weight is 406 g/mol. The van der Waals surface area contributed by atoms with Crippen molar-refractivity contribution in [2.75, 3.05) is 18.5 Å². The normalized spacial score (nSPS) is 12.0. The summed E-state index contributed by atoms with van der Waals surface area (Å²) in [6.07, 6.45) is 0.472. The van der Waals surface area contributed by atoms with E-state index >= 15 is 0 Å². The number of aliphatic carboxylic acids is 1. The van der Waals surface area contributed by atoms with Crippen LogP contribution in [0.2, 0.25) is 0 Å². The zero-order valence-corrected chi connectivity index (χ0v) is 15.8. The van der Waals surface area contributed by atoms with Crippen LogP contribution in [0.1, 0.15) is 27.6 Å². The number of anilines is 1. The minimum atomic E-state index is -1.19. The molecule has 0 saturated heterocycles. The van der Waals surface area contributed by atoms with Gasteiger partial charge >= 0.3 is 12.1 Å². The Labute approximate surface area is 171 Å². The van der Waals surface area contributed by atoms with Gasteiger partial charge in [-0.15, -0.1) is 0 Å². The van der Waals surface area contributed by atoms with Gasteiger partial charge < -0.3 is 19.6 Å². The van der Waals surface area contributed by atoms with E-state index in [0.717, 1.165) is 22.3 Å². The Bertz CT molecular complexity index is 1070. The molecule has 0 unspecified atom stereocenters. The number of furan rings is 1. The van der Waals surface area contributed by atoms with Crippen LogP contribution in [0.15, 0.2) is 65.3 Å². The molecule has 4 rings (SSSR count). The van der Waals surface area contributed by atoms with Gasteiger partial charge in [0.05, 0.1) is 12.0 Å². The predicted octanol–water partition coefficient (Wildman–Crippen LogP) is 3.46. The molecule has 3 aromatic rings. The molecule has 0 saturated carbocycles. The zero-order valence-electron chi connectivity index (χ0n) is 15.8. The van der Waals surface area contributed by atoms with E-state index in [-0.39, 0.29) is 24.0 Å². The van der Waals surface area contributed by atoms with Crippen LogP contribution in [0.4, 0.5) is 10.5 Å². The lowest BCUT2D eigenvalue weighted by Gasteiger charge is -2.14. The first-order valence-electron chi connectivity index (χ1n) is 9.24. The lowest BCUT2D eigenvalue weighted by Crippen LogP contribution is -2.29.